The third-order valence-electron chi connectivity index (χ3n) is 2.88. The Bertz CT molecular complexity index is 301. The van der Waals surface area contributed by atoms with Crippen molar-refractivity contribution in [2.45, 2.75) is 52.4 Å². The minimum Gasteiger partial charge on any atom is -0.466 e. The first kappa shape index (κ1) is 19.9. The quantitative estimate of drug-likeness (QED) is 0.418. The maximum atomic E-state index is 11.5. The summed E-state index contributed by atoms with van der Waals surface area (Å²) in [5.41, 5.74) is -0.409. The van der Waals surface area contributed by atoms with Gasteiger partial charge >= 0.3 is 11.9 Å². The molecule has 0 unspecified atom stereocenters. The van der Waals surface area contributed by atoms with E-state index < -0.39 is 5.41 Å². The highest BCUT2D eigenvalue weighted by Gasteiger charge is 2.18. The number of carbonyl (C=O) groups is 2. The number of esters is 2. The second-order valence-electron chi connectivity index (χ2n) is 5.84. The largest absolute Gasteiger partial charge is 0.466 e. The van der Waals surface area contributed by atoms with Gasteiger partial charge in [0.25, 0.3) is 0 Å². The molecule has 21 heavy (non-hydrogen) atoms. The van der Waals surface area contributed by atoms with Crippen LogP contribution in [0.1, 0.15) is 52.4 Å². The van der Waals surface area contributed by atoms with E-state index in [2.05, 4.69) is 0 Å². The van der Waals surface area contributed by atoms with E-state index in [4.69, 9.17) is 19.7 Å². The van der Waals surface area contributed by atoms with Gasteiger partial charge in [-0.1, -0.05) is 20.3 Å². The van der Waals surface area contributed by atoms with Crippen LogP contribution in [0.15, 0.2) is 0 Å². The van der Waals surface area contributed by atoms with Gasteiger partial charge in [0.05, 0.1) is 19.8 Å². The van der Waals surface area contributed by atoms with E-state index in [9.17, 15) is 9.59 Å². The third kappa shape index (κ3) is 12.3. The summed E-state index contributed by atoms with van der Waals surface area (Å²) in [6.45, 7) is 4.09. The van der Waals surface area contributed by atoms with Crippen LogP contribution in [-0.4, -0.2) is 48.6 Å². The number of hydrogen-bond donors (Lipinski definition) is 2. The molecule has 0 amide bonds. The van der Waals surface area contributed by atoms with Crippen molar-refractivity contribution in [1.82, 2.24) is 0 Å². The van der Waals surface area contributed by atoms with Crippen molar-refractivity contribution in [2.75, 3.05) is 26.4 Å². The van der Waals surface area contributed by atoms with Crippen LogP contribution in [0.5, 0.6) is 0 Å². The van der Waals surface area contributed by atoms with Gasteiger partial charge in [0.1, 0.15) is 0 Å². The lowest BCUT2D eigenvalue weighted by Gasteiger charge is -2.20. The predicted molar refractivity (Wildman–Crippen MR) is 77.6 cm³/mol. The van der Waals surface area contributed by atoms with Crippen LogP contribution in [0, 0.1) is 5.41 Å². The molecule has 0 aromatic carbocycles. The lowest BCUT2D eigenvalue weighted by molar-refractivity contribution is -0.147. The summed E-state index contributed by atoms with van der Waals surface area (Å²) < 4.78 is 9.96. The first-order valence-electron chi connectivity index (χ1n) is 7.44. The Morgan fingerprint density at radius 3 is 2.00 bits per heavy atom. The Hall–Kier alpha value is -1.14. The lowest BCUT2D eigenvalue weighted by Crippen LogP contribution is -2.25. The van der Waals surface area contributed by atoms with Crippen LogP contribution in [0.25, 0.3) is 0 Å². The smallest absolute Gasteiger partial charge is 0.305 e. The molecule has 0 aliphatic heterocycles. The number of rotatable bonds is 12. The zero-order valence-electron chi connectivity index (χ0n) is 13.1. The number of unbranched alkanes of at least 4 members (excludes halogenated alkanes) is 2. The molecule has 6 nitrogen and oxygen atoms in total. The molecule has 0 bridgehead atoms. The summed E-state index contributed by atoms with van der Waals surface area (Å²) >= 11 is 0. The van der Waals surface area contributed by atoms with Gasteiger partial charge in [0.15, 0.2) is 0 Å². The van der Waals surface area contributed by atoms with Crippen molar-refractivity contribution in [3.05, 3.63) is 0 Å². The molecule has 0 radical (unpaired) electrons. The molecule has 0 rings (SSSR count). The highest BCUT2D eigenvalue weighted by molar-refractivity contribution is 5.69. The van der Waals surface area contributed by atoms with E-state index >= 15 is 0 Å². The molecule has 0 aromatic heterocycles. The van der Waals surface area contributed by atoms with Crippen molar-refractivity contribution in [2.24, 2.45) is 5.41 Å². The van der Waals surface area contributed by atoms with Crippen LogP contribution in [-0.2, 0) is 19.1 Å². The van der Waals surface area contributed by atoms with Gasteiger partial charge in [-0.15, -0.1) is 0 Å². The summed E-state index contributed by atoms with van der Waals surface area (Å²) in [7, 11) is 0. The standard InChI is InChI=1S/C15H28O6/c1-15(2,11-17)12-21-14(19)8-5-3-4-7-13(18)20-10-6-9-16/h16-17H,3-12H2,1-2H3. The van der Waals surface area contributed by atoms with Crippen molar-refractivity contribution >= 4 is 11.9 Å². The van der Waals surface area contributed by atoms with Gasteiger partial charge < -0.3 is 19.7 Å². The fraction of sp³-hybridized carbons (Fsp3) is 0.867. The van der Waals surface area contributed by atoms with Crippen molar-refractivity contribution in [1.29, 1.82) is 0 Å². The zero-order chi connectivity index (χ0) is 16.1. The van der Waals surface area contributed by atoms with Crippen molar-refractivity contribution in [3.8, 4) is 0 Å². The van der Waals surface area contributed by atoms with Crippen LogP contribution in [0.2, 0.25) is 0 Å². The summed E-state index contributed by atoms with van der Waals surface area (Å²) in [5, 5.41) is 17.6. The monoisotopic (exact) mass is 304 g/mol. The Morgan fingerprint density at radius 1 is 0.905 bits per heavy atom. The lowest BCUT2D eigenvalue weighted by atomic mass is 9.97. The third-order valence-corrected chi connectivity index (χ3v) is 2.88. The minimum absolute atomic E-state index is 0.0163. The number of hydrogen-bond acceptors (Lipinski definition) is 6. The highest BCUT2D eigenvalue weighted by atomic mass is 16.5. The van der Waals surface area contributed by atoms with Gasteiger partial charge in [-0.3, -0.25) is 9.59 Å². The first-order chi connectivity index (χ1) is 9.91. The minimum atomic E-state index is -0.409. The van der Waals surface area contributed by atoms with E-state index in [0.29, 0.717) is 32.1 Å². The molecular formula is C15H28O6. The Kier molecular flexibility index (Phi) is 10.9. The fourth-order valence-corrected chi connectivity index (χ4v) is 1.43. The molecule has 0 heterocycles. The molecular weight excluding hydrogens is 276 g/mol. The Balaban J connectivity index is 3.50. The average Bonchev–Trinajstić information content (AvgIpc) is 2.45. The van der Waals surface area contributed by atoms with Crippen molar-refractivity contribution < 1.29 is 29.3 Å². The molecule has 0 saturated heterocycles. The van der Waals surface area contributed by atoms with Crippen molar-refractivity contribution in [3.63, 3.8) is 0 Å². The molecule has 6 heteroatoms. The van der Waals surface area contributed by atoms with E-state index in [-0.39, 0.29) is 38.4 Å². The van der Waals surface area contributed by atoms with Gasteiger partial charge in [-0.25, -0.2) is 0 Å². The van der Waals surface area contributed by atoms with Gasteiger partial charge in [-0.05, 0) is 12.8 Å². The van der Waals surface area contributed by atoms with E-state index in [1.807, 2.05) is 13.8 Å². The summed E-state index contributed by atoms with van der Waals surface area (Å²) in [6.07, 6.45) is 3.21. The number of carbonyl (C=O) groups excluding carboxylic acids is 2. The molecule has 0 aromatic rings. The average molecular weight is 304 g/mol. The fourth-order valence-electron chi connectivity index (χ4n) is 1.43. The van der Waals surface area contributed by atoms with Gasteiger partial charge in [0.2, 0.25) is 0 Å². The van der Waals surface area contributed by atoms with E-state index in [1.54, 1.807) is 0 Å². The van der Waals surface area contributed by atoms with Gasteiger partial charge in [-0.2, -0.15) is 0 Å². The SMILES string of the molecule is CC(C)(CO)COC(=O)CCCCCC(=O)OCCCO. The van der Waals surface area contributed by atoms with Crippen LogP contribution in [0.4, 0.5) is 0 Å². The number of ether oxygens (including phenoxy) is 2. The summed E-state index contributed by atoms with van der Waals surface area (Å²) in [6, 6.07) is 0. The van der Waals surface area contributed by atoms with Crippen LogP contribution >= 0.6 is 0 Å². The first-order valence-corrected chi connectivity index (χ1v) is 7.44. The molecule has 0 aliphatic rings. The maximum Gasteiger partial charge on any atom is 0.305 e. The van der Waals surface area contributed by atoms with Gasteiger partial charge in [0, 0.05) is 31.3 Å². The molecule has 0 saturated carbocycles. The zero-order valence-corrected chi connectivity index (χ0v) is 13.1. The van der Waals surface area contributed by atoms with Crippen LogP contribution < -0.4 is 0 Å². The molecule has 124 valence electrons. The second kappa shape index (κ2) is 11.5. The predicted octanol–water partition coefficient (Wildman–Crippen LogP) is 1.42. The molecule has 2 N–H and O–H groups in total. The number of aliphatic hydroxyl groups is 2. The highest BCUT2D eigenvalue weighted by Crippen LogP contribution is 2.14. The summed E-state index contributed by atoms with van der Waals surface area (Å²) in [4.78, 5) is 22.7. The molecule has 0 aliphatic carbocycles. The second-order valence-corrected chi connectivity index (χ2v) is 5.84. The normalized spacial score (nSPS) is 11.2. The number of aliphatic hydroxyl groups excluding tert-OH is 2. The Morgan fingerprint density at radius 2 is 1.48 bits per heavy atom. The molecule has 0 spiro atoms. The molecule has 0 fully saturated rings. The topological polar surface area (TPSA) is 93.1 Å². The maximum absolute atomic E-state index is 11.5. The molecule has 0 atom stereocenters. The van der Waals surface area contributed by atoms with E-state index in [0.717, 1.165) is 6.42 Å². The van der Waals surface area contributed by atoms with E-state index in [1.165, 1.54) is 0 Å². The Labute approximate surface area is 126 Å². The van der Waals surface area contributed by atoms with Crippen LogP contribution in [0.3, 0.4) is 0 Å². The summed E-state index contributed by atoms with van der Waals surface area (Å²) in [5.74, 6) is -0.544.